The third kappa shape index (κ3) is 7.13. The van der Waals surface area contributed by atoms with Gasteiger partial charge in [-0.2, -0.15) is 0 Å². The summed E-state index contributed by atoms with van der Waals surface area (Å²) in [6, 6.07) is 11.3. The fourth-order valence-corrected chi connectivity index (χ4v) is 8.18. The van der Waals surface area contributed by atoms with Crippen LogP contribution in [-0.4, -0.2) is 60.9 Å². The number of halogens is 4. The lowest BCUT2D eigenvalue weighted by Gasteiger charge is -2.48. The number of imidazole rings is 1. The lowest BCUT2D eigenvalue weighted by molar-refractivity contribution is -0.143. The van der Waals surface area contributed by atoms with E-state index in [2.05, 4.69) is 80.9 Å². The maximum absolute atomic E-state index is 13.9. The van der Waals surface area contributed by atoms with Gasteiger partial charge in [-0.05, 0) is 116 Å². The van der Waals surface area contributed by atoms with E-state index in [0.717, 1.165) is 10.5 Å². The lowest BCUT2D eigenvalue weighted by Crippen LogP contribution is -2.73. The summed E-state index contributed by atoms with van der Waals surface area (Å²) in [6.45, 7) is 8.64. The zero-order chi connectivity index (χ0) is 36.1. The van der Waals surface area contributed by atoms with E-state index in [-0.39, 0.29) is 25.5 Å². The van der Waals surface area contributed by atoms with Gasteiger partial charge in [-0.3, -0.25) is 9.36 Å². The van der Waals surface area contributed by atoms with Crippen LogP contribution in [0.5, 0.6) is 0 Å². The van der Waals surface area contributed by atoms with Crippen LogP contribution in [0.25, 0.3) is 0 Å². The molecule has 2 amide bonds. The summed E-state index contributed by atoms with van der Waals surface area (Å²) in [5.41, 5.74) is -3.13. The Balaban J connectivity index is 1.62. The number of nitrogens with one attached hydrogen (secondary N) is 1. The molecule has 1 fully saturated rings. The zero-order valence-electron chi connectivity index (χ0n) is 27.4. The first-order chi connectivity index (χ1) is 22.8. The highest BCUT2D eigenvalue weighted by molar-refractivity contribution is 9.14. The number of amides is 2. The van der Waals surface area contributed by atoms with Crippen LogP contribution in [0.4, 0.5) is 10.5 Å². The number of anilines is 1. The molecule has 1 saturated heterocycles. The number of hydrogen-bond acceptors (Lipinski definition) is 8. The Morgan fingerprint density at radius 3 is 2.37 bits per heavy atom. The first kappa shape index (κ1) is 38.0. The maximum Gasteiger partial charge on any atom is 0.418 e. The molecule has 0 bridgehead atoms. The highest BCUT2D eigenvalue weighted by atomic mass is 79.9. The molecular formula is C34H36Br4N4O7. The SMILES string of the molecule is CC(C)(C)OC(=O)N1c2cc(Br)c(Br)c(Br)c2C2(CC(=O)N2)C1(O)C#CC(C)(C)c1nc(Br)n(COCc2ccccc2)c1CC(O)CO. The fraction of sp³-hybridized carbons (Fsp3) is 0.441. The van der Waals surface area contributed by atoms with E-state index in [0.29, 0.717) is 47.4 Å². The second-order valence-electron chi connectivity index (χ2n) is 13.5. The molecule has 11 nitrogen and oxygen atoms in total. The van der Waals surface area contributed by atoms with Gasteiger partial charge in [0.05, 0.1) is 42.5 Å². The fourth-order valence-electron chi connectivity index (χ4n) is 5.94. The predicted molar refractivity (Wildman–Crippen MR) is 196 cm³/mol. The molecule has 4 N–H and O–H groups in total. The number of fused-ring (bicyclic) bond motifs is 2. The Kier molecular flexibility index (Phi) is 10.9. The van der Waals surface area contributed by atoms with Gasteiger partial charge in [-0.25, -0.2) is 14.7 Å². The van der Waals surface area contributed by atoms with Crippen LogP contribution >= 0.6 is 63.7 Å². The molecule has 2 aliphatic rings. The monoisotopic (exact) mass is 928 g/mol. The molecule has 2 aliphatic heterocycles. The van der Waals surface area contributed by atoms with E-state index in [9.17, 15) is 24.9 Å². The van der Waals surface area contributed by atoms with Gasteiger partial charge in [0.2, 0.25) is 11.6 Å². The summed E-state index contributed by atoms with van der Waals surface area (Å²) in [5.74, 6) is 5.81. The predicted octanol–water partition coefficient (Wildman–Crippen LogP) is 6.14. The van der Waals surface area contributed by atoms with Gasteiger partial charge in [0.1, 0.15) is 17.9 Å². The number of nitrogens with zero attached hydrogens (tertiary/aromatic N) is 3. The molecule has 0 radical (unpaired) electrons. The largest absolute Gasteiger partial charge is 0.443 e. The molecule has 15 heteroatoms. The molecule has 2 aromatic carbocycles. The van der Waals surface area contributed by atoms with Gasteiger partial charge in [0, 0.05) is 31.1 Å². The van der Waals surface area contributed by atoms with Crippen molar-refractivity contribution >= 4 is 81.4 Å². The molecule has 0 aliphatic carbocycles. The average Bonchev–Trinajstić information content (AvgIpc) is 3.43. The van der Waals surface area contributed by atoms with Crippen molar-refractivity contribution in [1.82, 2.24) is 14.9 Å². The van der Waals surface area contributed by atoms with Gasteiger partial charge in [-0.1, -0.05) is 36.3 Å². The quantitative estimate of drug-likeness (QED) is 0.120. The number of rotatable bonds is 8. The first-order valence-corrected chi connectivity index (χ1v) is 18.5. The molecule has 0 saturated carbocycles. The third-order valence-electron chi connectivity index (χ3n) is 8.22. The second kappa shape index (κ2) is 14.0. The summed E-state index contributed by atoms with van der Waals surface area (Å²) < 4.78 is 15.6. The van der Waals surface area contributed by atoms with E-state index in [1.54, 1.807) is 45.3 Å². The van der Waals surface area contributed by atoms with Crippen LogP contribution in [0.15, 0.2) is 54.6 Å². The Labute approximate surface area is 318 Å². The van der Waals surface area contributed by atoms with E-state index >= 15 is 0 Å². The molecule has 3 aromatic rings. The number of aliphatic hydroxyl groups excluding tert-OH is 2. The minimum atomic E-state index is -2.31. The Bertz CT molecular complexity index is 1840. The van der Waals surface area contributed by atoms with Gasteiger partial charge >= 0.3 is 6.09 Å². The summed E-state index contributed by atoms with van der Waals surface area (Å²) in [6.07, 6.45) is -2.10. The van der Waals surface area contributed by atoms with E-state index in [4.69, 9.17) is 14.5 Å². The number of hydrogen-bond donors (Lipinski definition) is 4. The Morgan fingerprint density at radius 1 is 1.12 bits per heavy atom. The number of aromatic nitrogens is 2. The molecule has 1 spiro atoms. The molecule has 3 atom stereocenters. The lowest BCUT2D eigenvalue weighted by atomic mass is 9.73. The number of aliphatic hydroxyl groups is 3. The van der Waals surface area contributed by atoms with Crippen molar-refractivity contribution < 1.29 is 34.4 Å². The highest BCUT2D eigenvalue weighted by Gasteiger charge is 2.70. The van der Waals surface area contributed by atoms with Crippen molar-refractivity contribution in [3.05, 3.63) is 77.1 Å². The van der Waals surface area contributed by atoms with Gasteiger partial charge in [0.15, 0.2) is 4.73 Å². The summed E-state index contributed by atoms with van der Waals surface area (Å²) in [7, 11) is 0. The van der Waals surface area contributed by atoms with Crippen LogP contribution in [0.2, 0.25) is 0 Å². The number of ether oxygens (including phenoxy) is 2. The Hall–Kier alpha value is -2.29. The topological polar surface area (TPSA) is 146 Å². The molecule has 3 heterocycles. The normalized spacial score (nSPS) is 20.7. The van der Waals surface area contributed by atoms with Crippen LogP contribution < -0.4 is 10.2 Å². The van der Waals surface area contributed by atoms with E-state index in [1.165, 1.54) is 0 Å². The number of carbonyl (C=O) groups is 2. The van der Waals surface area contributed by atoms with Crippen molar-refractivity contribution in [2.75, 3.05) is 11.5 Å². The van der Waals surface area contributed by atoms with Crippen LogP contribution in [0, 0.1) is 11.8 Å². The molecule has 49 heavy (non-hydrogen) atoms. The van der Waals surface area contributed by atoms with Crippen LogP contribution in [0.1, 0.15) is 63.6 Å². The van der Waals surface area contributed by atoms with Crippen molar-refractivity contribution in [3.63, 3.8) is 0 Å². The van der Waals surface area contributed by atoms with Gasteiger partial charge in [-0.15, -0.1) is 0 Å². The summed E-state index contributed by atoms with van der Waals surface area (Å²) >= 11 is 14.2. The van der Waals surface area contributed by atoms with Crippen molar-refractivity contribution in [1.29, 1.82) is 0 Å². The molecule has 1 aromatic heterocycles. The van der Waals surface area contributed by atoms with Gasteiger partial charge in [0.25, 0.3) is 0 Å². The zero-order valence-corrected chi connectivity index (χ0v) is 33.7. The van der Waals surface area contributed by atoms with E-state index < -0.39 is 41.1 Å². The van der Waals surface area contributed by atoms with Gasteiger partial charge < -0.3 is 30.1 Å². The second-order valence-corrected chi connectivity index (χ2v) is 16.6. The summed E-state index contributed by atoms with van der Waals surface area (Å²) in [5, 5.41) is 35.9. The molecular weight excluding hydrogens is 896 g/mol. The standard InChI is InChI=1S/C34H36Br4N4O7/c1-31(2,3)49-30(46)42-22-14-21(35)26(36)27(37)25(22)33(15-24(45)40-33)34(42,47)12-11-32(4,5)28-23(13-20(44)16-43)41(29(38)39-28)18-48-17-19-9-7-6-8-10-19/h6-10,14,20,43-44,47H,13,15-18H2,1-5H3,(H,40,45). The van der Waals surface area contributed by atoms with Crippen molar-refractivity contribution in [2.45, 2.75) is 89.2 Å². The Morgan fingerprint density at radius 2 is 1.78 bits per heavy atom. The van der Waals surface area contributed by atoms with Crippen LogP contribution in [0.3, 0.4) is 0 Å². The maximum atomic E-state index is 13.9. The van der Waals surface area contributed by atoms with Crippen molar-refractivity contribution in [3.8, 4) is 11.8 Å². The average molecular weight is 932 g/mol. The molecule has 5 rings (SSSR count). The number of β-lactam (4-membered cyclic amide) rings is 1. The molecule has 262 valence electrons. The van der Waals surface area contributed by atoms with Crippen molar-refractivity contribution in [2.24, 2.45) is 0 Å². The third-order valence-corrected chi connectivity index (χ3v) is 12.1. The minimum absolute atomic E-state index is 0.0268. The minimum Gasteiger partial charge on any atom is -0.443 e. The number of benzene rings is 2. The van der Waals surface area contributed by atoms with Crippen LogP contribution in [-0.2, 0) is 45.0 Å². The summed E-state index contributed by atoms with van der Waals surface area (Å²) in [4.78, 5) is 32.4. The number of carbonyl (C=O) groups excluding carboxylic acids is 2. The molecule has 3 unspecified atom stereocenters. The smallest absolute Gasteiger partial charge is 0.418 e. The highest BCUT2D eigenvalue weighted by Crippen LogP contribution is 2.59. The first-order valence-electron chi connectivity index (χ1n) is 15.3. The van der Waals surface area contributed by atoms with E-state index in [1.807, 2.05) is 30.3 Å².